The second-order valence-corrected chi connectivity index (χ2v) is 2.91. The van der Waals surface area contributed by atoms with E-state index in [2.05, 4.69) is 43.1 Å². The van der Waals surface area contributed by atoms with E-state index in [9.17, 15) is 0 Å². The van der Waals surface area contributed by atoms with Gasteiger partial charge in [0.2, 0.25) is 0 Å². The van der Waals surface area contributed by atoms with Crippen molar-refractivity contribution in [2.45, 2.75) is 13.5 Å². The van der Waals surface area contributed by atoms with Crippen LogP contribution in [0, 0.1) is 6.92 Å². The molecule has 0 bridgehead atoms. The van der Waals surface area contributed by atoms with Crippen LogP contribution in [-0.4, -0.2) is 6.54 Å². The maximum atomic E-state index is 3.65. The Morgan fingerprint density at radius 1 is 1.50 bits per heavy atom. The third-order valence-corrected chi connectivity index (χ3v) is 1.70. The molecule has 1 rings (SSSR count). The molecule has 0 radical (unpaired) electrons. The normalized spacial score (nSPS) is 9.75. The molecule has 64 valence electrons. The lowest BCUT2D eigenvalue weighted by Crippen LogP contribution is -2.12. The van der Waals surface area contributed by atoms with Crippen molar-refractivity contribution in [1.82, 2.24) is 5.32 Å². The maximum absolute atomic E-state index is 3.65. The fourth-order valence-corrected chi connectivity index (χ4v) is 1.14. The topological polar surface area (TPSA) is 12.0 Å². The molecule has 1 nitrogen and oxygen atoms in total. The average Bonchev–Trinajstić information content (AvgIpc) is 2.05. The van der Waals surface area contributed by atoms with Gasteiger partial charge in [0.05, 0.1) is 0 Å². The van der Waals surface area contributed by atoms with Crippen molar-refractivity contribution in [3.05, 3.63) is 48.0 Å². The van der Waals surface area contributed by atoms with Gasteiger partial charge in [0, 0.05) is 13.1 Å². The van der Waals surface area contributed by atoms with Crippen molar-refractivity contribution in [2.24, 2.45) is 0 Å². The zero-order valence-electron chi connectivity index (χ0n) is 7.51. The molecule has 0 aromatic heterocycles. The number of hydrogen-bond acceptors (Lipinski definition) is 1. The zero-order chi connectivity index (χ0) is 8.81. The summed E-state index contributed by atoms with van der Waals surface area (Å²) in [6, 6.07) is 8.51. The Bertz CT molecular complexity index is 253. The third kappa shape index (κ3) is 2.89. The fraction of sp³-hybridized carbons (Fsp3) is 0.273. The molecule has 0 amide bonds. The van der Waals surface area contributed by atoms with E-state index in [1.54, 1.807) is 0 Å². The van der Waals surface area contributed by atoms with Gasteiger partial charge in [-0.05, 0) is 12.5 Å². The van der Waals surface area contributed by atoms with Crippen LogP contribution in [0.1, 0.15) is 11.1 Å². The van der Waals surface area contributed by atoms with E-state index >= 15 is 0 Å². The van der Waals surface area contributed by atoms with Crippen LogP contribution in [0.25, 0.3) is 0 Å². The van der Waals surface area contributed by atoms with Gasteiger partial charge >= 0.3 is 0 Å². The molecule has 0 fully saturated rings. The van der Waals surface area contributed by atoms with Crippen LogP contribution >= 0.6 is 0 Å². The summed E-state index contributed by atoms with van der Waals surface area (Å²) >= 11 is 0. The first kappa shape index (κ1) is 9.01. The molecule has 0 atom stereocenters. The molecule has 0 unspecified atom stereocenters. The Kier molecular flexibility index (Phi) is 3.55. The van der Waals surface area contributed by atoms with Crippen LogP contribution < -0.4 is 5.32 Å². The molecule has 1 aromatic rings. The Labute approximate surface area is 74.1 Å². The first-order valence-corrected chi connectivity index (χ1v) is 4.20. The zero-order valence-corrected chi connectivity index (χ0v) is 7.51. The van der Waals surface area contributed by atoms with Crippen molar-refractivity contribution in [1.29, 1.82) is 0 Å². The summed E-state index contributed by atoms with van der Waals surface area (Å²) in [5, 5.41) is 3.26. The molecule has 0 aliphatic rings. The second kappa shape index (κ2) is 4.73. The Morgan fingerprint density at radius 3 is 3.00 bits per heavy atom. The lowest BCUT2D eigenvalue weighted by atomic mass is 10.1. The highest BCUT2D eigenvalue weighted by Gasteiger charge is 1.90. The van der Waals surface area contributed by atoms with Crippen LogP contribution in [-0.2, 0) is 6.54 Å². The Balaban J connectivity index is 2.46. The summed E-state index contributed by atoms with van der Waals surface area (Å²) < 4.78 is 0. The average molecular weight is 161 g/mol. The number of nitrogens with one attached hydrogen (secondary N) is 1. The molecule has 0 spiro atoms. The highest BCUT2D eigenvalue weighted by Crippen LogP contribution is 2.02. The summed E-state index contributed by atoms with van der Waals surface area (Å²) in [4.78, 5) is 0. The van der Waals surface area contributed by atoms with Gasteiger partial charge in [-0.25, -0.2) is 0 Å². The molecule has 1 aromatic carbocycles. The molecule has 1 heteroatoms. The minimum atomic E-state index is 0.869. The van der Waals surface area contributed by atoms with Gasteiger partial charge in [-0.2, -0.15) is 0 Å². The predicted molar refractivity (Wildman–Crippen MR) is 53.1 cm³/mol. The monoisotopic (exact) mass is 161 g/mol. The van der Waals surface area contributed by atoms with Crippen molar-refractivity contribution in [3.8, 4) is 0 Å². The maximum Gasteiger partial charge on any atom is 0.0208 e. The minimum absolute atomic E-state index is 0.869. The lowest BCUT2D eigenvalue weighted by Gasteiger charge is -2.02. The number of rotatable bonds is 4. The molecule has 0 aliphatic carbocycles. The Morgan fingerprint density at radius 2 is 2.33 bits per heavy atom. The lowest BCUT2D eigenvalue weighted by molar-refractivity contribution is 0.760. The largest absolute Gasteiger partial charge is 0.309 e. The number of aryl methyl sites for hydroxylation is 1. The highest BCUT2D eigenvalue weighted by molar-refractivity contribution is 5.21. The van der Waals surface area contributed by atoms with E-state index in [0.29, 0.717) is 0 Å². The Hall–Kier alpha value is -1.08. The fourth-order valence-electron chi connectivity index (χ4n) is 1.14. The SMILES string of the molecule is C=CCNCc1cccc(C)c1. The summed E-state index contributed by atoms with van der Waals surface area (Å²) in [5.41, 5.74) is 2.64. The smallest absolute Gasteiger partial charge is 0.0208 e. The van der Waals surface area contributed by atoms with Crippen molar-refractivity contribution >= 4 is 0 Å². The quantitative estimate of drug-likeness (QED) is 0.527. The van der Waals surface area contributed by atoms with Gasteiger partial charge in [-0.1, -0.05) is 35.9 Å². The van der Waals surface area contributed by atoms with Crippen LogP contribution in [0.3, 0.4) is 0 Å². The van der Waals surface area contributed by atoms with Crippen LogP contribution in [0.2, 0.25) is 0 Å². The first-order valence-electron chi connectivity index (χ1n) is 4.20. The summed E-state index contributed by atoms with van der Waals surface area (Å²) in [5.74, 6) is 0. The van der Waals surface area contributed by atoms with Gasteiger partial charge in [0.1, 0.15) is 0 Å². The molecule has 1 N–H and O–H groups in total. The van der Waals surface area contributed by atoms with Gasteiger partial charge in [0.25, 0.3) is 0 Å². The first-order chi connectivity index (χ1) is 5.83. The molecule has 0 aliphatic heterocycles. The predicted octanol–water partition coefficient (Wildman–Crippen LogP) is 2.27. The van der Waals surface area contributed by atoms with Crippen LogP contribution in [0.5, 0.6) is 0 Å². The minimum Gasteiger partial charge on any atom is -0.309 e. The molecular weight excluding hydrogens is 146 g/mol. The van der Waals surface area contributed by atoms with Crippen LogP contribution in [0.4, 0.5) is 0 Å². The van der Waals surface area contributed by atoms with Gasteiger partial charge in [0.15, 0.2) is 0 Å². The summed E-state index contributed by atoms with van der Waals surface area (Å²) in [6.07, 6.45) is 1.87. The van der Waals surface area contributed by atoms with Crippen molar-refractivity contribution in [3.63, 3.8) is 0 Å². The number of hydrogen-bond donors (Lipinski definition) is 1. The van der Waals surface area contributed by atoms with E-state index < -0.39 is 0 Å². The third-order valence-electron chi connectivity index (χ3n) is 1.70. The highest BCUT2D eigenvalue weighted by atomic mass is 14.8. The van der Waals surface area contributed by atoms with Crippen molar-refractivity contribution in [2.75, 3.05) is 6.54 Å². The molecule has 0 saturated heterocycles. The second-order valence-electron chi connectivity index (χ2n) is 2.91. The molecule has 0 heterocycles. The van der Waals surface area contributed by atoms with Gasteiger partial charge in [-0.3, -0.25) is 0 Å². The van der Waals surface area contributed by atoms with Gasteiger partial charge < -0.3 is 5.32 Å². The standard InChI is InChI=1S/C11H15N/c1-3-7-12-9-11-6-4-5-10(2)8-11/h3-6,8,12H,1,7,9H2,2H3. The molecular formula is C11H15N. The van der Waals surface area contributed by atoms with Crippen LogP contribution in [0.15, 0.2) is 36.9 Å². The van der Waals surface area contributed by atoms with E-state index in [4.69, 9.17) is 0 Å². The van der Waals surface area contributed by atoms with Crippen molar-refractivity contribution < 1.29 is 0 Å². The van der Waals surface area contributed by atoms with E-state index in [0.717, 1.165) is 13.1 Å². The molecule has 12 heavy (non-hydrogen) atoms. The summed E-state index contributed by atoms with van der Waals surface area (Å²) in [7, 11) is 0. The summed E-state index contributed by atoms with van der Waals surface area (Å²) in [6.45, 7) is 7.55. The molecule has 0 saturated carbocycles. The van der Waals surface area contributed by atoms with E-state index in [1.165, 1.54) is 11.1 Å². The van der Waals surface area contributed by atoms with Gasteiger partial charge in [-0.15, -0.1) is 6.58 Å². The van der Waals surface area contributed by atoms with E-state index in [-0.39, 0.29) is 0 Å². The van der Waals surface area contributed by atoms with E-state index in [1.807, 2.05) is 6.08 Å². The number of benzene rings is 1.